The number of nitrogens with two attached hydrogens (primary N) is 1. The maximum Gasteiger partial charge on any atom is 0.146 e. The quantitative estimate of drug-likeness (QED) is 0.659. The molecule has 3 N–H and O–H groups in total. The Labute approximate surface area is 109 Å². The fraction of sp³-hybridized carbons (Fsp3) is 0.231. The van der Waals surface area contributed by atoms with Crippen LogP contribution in [0.2, 0.25) is 0 Å². The summed E-state index contributed by atoms with van der Waals surface area (Å²) in [5.74, 6) is 5.09. The Kier molecular flexibility index (Phi) is 3.71. The first kappa shape index (κ1) is 13.4. The van der Waals surface area contributed by atoms with Gasteiger partial charge in [0.1, 0.15) is 23.3 Å². The standard InChI is InChI=1S/C13H14F2N4/c1-7-8(2)17-12(18-13(7)19-16)5-9-3-4-10(14)6-11(9)15/h3-4,6H,5,16H2,1-2H3,(H,17,18,19). The zero-order valence-electron chi connectivity index (χ0n) is 10.7. The van der Waals surface area contributed by atoms with Crippen LogP contribution in [0.5, 0.6) is 0 Å². The second kappa shape index (κ2) is 5.27. The van der Waals surface area contributed by atoms with Crippen molar-refractivity contribution in [1.29, 1.82) is 0 Å². The fourth-order valence-electron chi connectivity index (χ4n) is 1.74. The number of nitrogens with one attached hydrogen (secondary N) is 1. The van der Waals surface area contributed by atoms with Crippen molar-refractivity contribution < 1.29 is 8.78 Å². The van der Waals surface area contributed by atoms with Gasteiger partial charge in [-0.25, -0.2) is 24.6 Å². The molecule has 2 aromatic rings. The van der Waals surface area contributed by atoms with Gasteiger partial charge in [0.15, 0.2) is 0 Å². The summed E-state index contributed by atoms with van der Waals surface area (Å²) in [6, 6.07) is 3.44. The predicted octanol–water partition coefficient (Wildman–Crippen LogP) is 2.25. The molecule has 0 aliphatic heterocycles. The lowest BCUT2D eigenvalue weighted by Crippen LogP contribution is -2.13. The molecule has 0 amide bonds. The lowest BCUT2D eigenvalue weighted by atomic mass is 10.1. The number of halogens is 2. The molecule has 19 heavy (non-hydrogen) atoms. The van der Waals surface area contributed by atoms with E-state index >= 15 is 0 Å². The maximum atomic E-state index is 13.6. The second-order valence-electron chi connectivity index (χ2n) is 4.26. The molecule has 0 spiro atoms. The summed E-state index contributed by atoms with van der Waals surface area (Å²) in [7, 11) is 0. The minimum Gasteiger partial charge on any atom is -0.308 e. The Morgan fingerprint density at radius 1 is 1.21 bits per heavy atom. The van der Waals surface area contributed by atoms with Crippen LogP contribution in [0.4, 0.5) is 14.6 Å². The van der Waals surface area contributed by atoms with E-state index in [9.17, 15) is 8.78 Å². The van der Waals surface area contributed by atoms with Gasteiger partial charge in [0, 0.05) is 23.7 Å². The summed E-state index contributed by atoms with van der Waals surface area (Å²) in [4.78, 5) is 8.48. The molecule has 1 aromatic heterocycles. The van der Waals surface area contributed by atoms with Crippen LogP contribution in [0.25, 0.3) is 0 Å². The molecular weight excluding hydrogens is 250 g/mol. The van der Waals surface area contributed by atoms with Crippen molar-refractivity contribution in [3.63, 3.8) is 0 Å². The van der Waals surface area contributed by atoms with Crippen molar-refractivity contribution in [1.82, 2.24) is 9.97 Å². The number of hydrazine groups is 1. The van der Waals surface area contributed by atoms with E-state index in [0.29, 0.717) is 17.2 Å². The van der Waals surface area contributed by atoms with Crippen LogP contribution in [0.1, 0.15) is 22.6 Å². The smallest absolute Gasteiger partial charge is 0.146 e. The van der Waals surface area contributed by atoms with Crippen LogP contribution in [0.15, 0.2) is 18.2 Å². The lowest BCUT2D eigenvalue weighted by Gasteiger charge is -2.09. The Hall–Kier alpha value is -2.08. The molecule has 0 unspecified atom stereocenters. The molecule has 1 aromatic carbocycles. The Balaban J connectivity index is 2.35. The number of anilines is 1. The monoisotopic (exact) mass is 264 g/mol. The molecule has 0 saturated carbocycles. The molecule has 0 saturated heterocycles. The summed E-state index contributed by atoms with van der Waals surface area (Å²) in [5.41, 5.74) is 4.42. The predicted molar refractivity (Wildman–Crippen MR) is 68.5 cm³/mol. The first-order chi connectivity index (χ1) is 9.01. The molecule has 100 valence electrons. The van der Waals surface area contributed by atoms with E-state index < -0.39 is 11.6 Å². The Bertz CT molecular complexity index is 614. The summed E-state index contributed by atoms with van der Waals surface area (Å²) in [6.45, 7) is 3.66. The number of aryl methyl sites for hydroxylation is 1. The Morgan fingerprint density at radius 2 is 1.95 bits per heavy atom. The number of hydrogen-bond acceptors (Lipinski definition) is 4. The minimum absolute atomic E-state index is 0.182. The normalized spacial score (nSPS) is 10.6. The topological polar surface area (TPSA) is 63.8 Å². The third-order valence-corrected chi connectivity index (χ3v) is 2.94. The zero-order chi connectivity index (χ0) is 14.0. The van der Waals surface area contributed by atoms with Crippen molar-refractivity contribution in [2.75, 3.05) is 5.43 Å². The zero-order valence-corrected chi connectivity index (χ0v) is 10.7. The van der Waals surface area contributed by atoms with E-state index in [1.54, 1.807) is 0 Å². The SMILES string of the molecule is Cc1nc(Cc2ccc(F)cc2F)nc(NN)c1C. The maximum absolute atomic E-state index is 13.6. The molecule has 0 aliphatic carbocycles. The van der Waals surface area contributed by atoms with Crippen molar-refractivity contribution in [2.45, 2.75) is 20.3 Å². The molecule has 4 nitrogen and oxygen atoms in total. The van der Waals surface area contributed by atoms with Gasteiger partial charge in [-0.1, -0.05) is 6.07 Å². The largest absolute Gasteiger partial charge is 0.308 e. The van der Waals surface area contributed by atoms with Gasteiger partial charge in [-0.05, 0) is 25.5 Å². The van der Waals surface area contributed by atoms with Gasteiger partial charge in [0.05, 0.1) is 0 Å². The van der Waals surface area contributed by atoms with Gasteiger partial charge < -0.3 is 5.43 Å². The molecule has 6 heteroatoms. The average Bonchev–Trinajstić information content (AvgIpc) is 2.37. The average molecular weight is 264 g/mol. The number of nitrogen functional groups attached to an aromatic ring is 1. The van der Waals surface area contributed by atoms with Gasteiger partial charge >= 0.3 is 0 Å². The first-order valence-corrected chi connectivity index (χ1v) is 5.76. The van der Waals surface area contributed by atoms with Crippen LogP contribution in [0.3, 0.4) is 0 Å². The lowest BCUT2D eigenvalue weighted by molar-refractivity contribution is 0.573. The molecule has 0 bridgehead atoms. The van der Waals surface area contributed by atoms with E-state index in [1.165, 1.54) is 12.1 Å². The van der Waals surface area contributed by atoms with Gasteiger partial charge in [-0.15, -0.1) is 0 Å². The van der Waals surface area contributed by atoms with E-state index in [4.69, 9.17) is 5.84 Å². The summed E-state index contributed by atoms with van der Waals surface area (Å²) in [5, 5.41) is 0. The molecule has 0 atom stereocenters. The molecule has 0 aliphatic rings. The third-order valence-electron chi connectivity index (χ3n) is 2.94. The number of rotatable bonds is 3. The Morgan fingerprint density at radius 3 is 2.58 bits per heavy atom. The minimum atomic E-state index is -0.607. The van der Waals surface area contributed by atoms with Gasteiger partial charge in [0.25, 0.3) is 0 Å². The van der Waals surface area contributed by atoms with Crippen molar-refractivity contribution in [2.24, 2.45) is 5.84 Å². The molecule has 1 heterocycles. The highest BCUT2D eigenvalue weighted by Gasteiger charge is 2.10. The molecular formula is C13H14F2N4. The highest BCUT2D eigenvalue weighted by Crippen LogP contribution is 2.17. The highest BCUT2D eigenvalue weighted by molar-refractivity contribution is 5.44. The third kappa shape index (κ3) is 2.85. The van der Waals surface area contributed by atoms with Gasteiger partial charge in [-0.2, -0.15) is 0 Å². The fourth-order valence-corrected chi connectivity index (χ4v) is 1.74. The number of benzene rings is 1. The molecule has 0 radical (unpaired) electrons. The van der Waals surface area contributed by atoms with Crippen LogP contribution in [-0.4, -0.2) is 9.97 Å². The van der Waals surface area contributed by atoms with E-state index in [1.807, 2.05) is 13.8 Å². The first-order valence-electron chi connectivity index (χ1n) is 5.76. The van der Waals surface area contributed by atoms with Crippen LogP contribution < -0.4 is 11.3 Å². The summed E-state index contributed by atoms with van der Waals surface area (Å²) in [6.07, 6.45) is 0.182. The van der Waals surface area contributed by atoms with E-state index in [2.05, 4.69) is 15.4 Å². The van der Waals surface area contributed by atoms with Crippen LogP contribution in [-0.2, 0) is 6.42 Å². The number of nitrogens with zero attached hydrogens (tertiary/aromatic N) is 2. The second-order valence-corrected chi connectivity index (χ2v) is 4.26. The van der Waals surface area contributed by atoms with Gasteiger partial charge in [0.2, 0.25) is 0 Å². The van der Waals surface area contributed by atoms with Crippen LogP contribution in [0, 0.1) is 25.5 Å². The van der Waals surface area contributed by atoms with Crippen molar-refractivity contribution >= 4 is 5.82 Å². The van der Waals surface area contributed by atoms with Crippen molar-refractivity contribution in [3.05, 3.63) is 52.5 Å². The van der Waals surface area contributed by atoms with Gasteiger partial charge in [-0.3, -0.25) is 0 Å². The van der Waals surface area contributed by atoms with E-state index in [-0.39, 0.29) is 6.42 Å². The summed E-state index contributed by atoms with van der Waals surface area (Å²) >= 11 is 0. The van der Waals surface area contributed by atoms with Crippen molar-refractivity contribution in [3.8, 4) is 0 Å². The highest BCUT2D eigenvalue weighted by atomic mass is 19.1. The molecule has 0 fully saturated rings. The number of aromatic nitrogens is 2. The summed E-state index contributed by atoms with van der Waals surface area (Å²) < 4.78 is 26.4. The molecule has 2 rings (SSSR count). The number of hydrogen-bond donors (Lipinski definition) is 2. The van der Waals surface area contributed by atoms with Crippen LogP contribution >= 0.6 is 0 Å². The van der Waals surface area contributed by atoms with E-state index in [0.717, 1.165) is 17.3 Å².